The molecule has 1 amide bonds. The van der Waals surface area contributed by atoms with Gasteiger partial charge < -0.3 is 15.5 Å². The molecule has 0 aliphatic carbocycles. The fourth-order valence-corrected chi connectivity index (χ4v) is 2.30. The summed E-state index contributed by atoms with van der Waals surface area (Å²) in [6.07, 6.45) is 2.05. The van der Waals surface area contributed by atoms with Gasteiger partial charge in [0.1, 0.15) is 0 Å². The molecule has 0 radical (unpaired) electrons. The highest BCUT2D eigenvalue weighted by Gasteiger charge is 2.35. The van der Waals surface area contributed by atoms with Crippen LogP contribution in [0.4, 0.5) is 0 Å². The van der Waals surface area contributed by atoms with Crippen LogP contribution >= 0.6 is 0 Å². The van der Waals surface area contributed by atoms with Crippen molar-refractivity contribution in [1.29, 1.82) is 0 Å². The molecule has 0 bridgehead atoms. The summed E-state index contributed by atoms with van der Waals surface area (Å²) >= 11 is 0. The average Bonchev–Trinajstić information content (AvgIpc) is 2.20. The molecule has 1 heterocycles. The highest BCUT2D eigenvalue weighted by atomic mass is 16.1. The zero-order valence-corrected chi connectivity index (χ0v) is 10.0. The first-order valence-electron chi connectivity index (χ1n) is 5.68. The van der Waals surface area contributed by atoms with Crippen LogP contribution in [0, 0.1) is 5.41 Å². The molecule has 4 heteroatoms. The van der Waals surface area contributed by atoms with Crippen molar-refractivity contribution in [2.45, 2.75) is 26.3 Å². The molecule has 1 aliphatic rings. The van der Waals surface area contributed by atoms with Gasteiger partial charge in [0.2, 0.25) is 6.41 Å². The van der Waals surface area contributed by atoms with Gasteiger partial charge in [0.25, 0.3) is 0 Å². The van der Waals surface area contributed by atoms with E-state index in [9.17, 15) is 4.79 Å². The van der Waals surface area contributed by atoms with Crippen LogP contribution in [0.2, 0.25) is 0 Å². The standard InChI is InChI=1S/C11H23N3O/c1-11(2)8-13-5-4-10(11)14(9-15)7-6-12-3/h9-10,12-13H,4-8H2,1-3H3. The van der Waals surface area contributed by atoms with Crippen molar-refractivity contribution in [3.05, 3.63) is 0 Å². The molecule has 1 saturated heterocycles. The number of carbonyl (C=O) groups is 1. The van der Waals surface area contributed by atoms with Crippen molar-refractivity contribution in [3.63, 3.8) is 0 Å². The van der Waals surface area contributed by atoms with E-state index in [1.54, 1.807) is 0 Å². The molecule has 1 fully saturated rings. The maximum Gasteiger partial charge on any atom is 0.210 e. The van der Waals surface area contributed by atoms with Gasteiger partial charge in [-0.05, 0) is 25.4 Å². The van der Waals surface area contributed by atoms with Gasteiger partial charge in [-0.2, -0.15) is 0 Å². The summed E-state index contributed by atoms with van der Waals surface area (Å²) in [6, 6.07) is 0.365. The summed E-state index contributed by atoms with van der Waals surface area (Å²) < 4.78 is 0. The van der Waals surface area contributed by atoms with Crippen molar-refractivity contribution in [1.82, 2.24) is 15.5 Å². The Morgan fingerprint density at radius 3 is 2.87 bits per heavy atom. The van der Waals surface area contributed by atoms with E-state index in [0.29, 0.717) is 6.04 Å². The number of piperidine rings is 1. The Bertz CT molecular complexity index is 206. The third kappa shape index (κ3) is 3.18. The second kappa shape index (κ2) is 5.47. The number of nitrogens with one attached hydrogen (secondary N) is 2. The van der Waals surface area contributed by atoms with Crippen molar-refractivity contribution in [2.75, 3.05) is 33.2 Å². The van der Waals surface area contributed by atoms with Gasteiger partial charge >= 0.3 is 0 Å². The van der Waals surface area contributed by atoms with Gasteiger partial charge in [-0.1, -0.05) is 13.8 Å². The van der Waals surface area contributed by atoms with Crippen LogP contribution in [0.15, 0.2) is 0 Å². The summed E-state index contributed by atoms with van der Waals surface area (Å²) in [5, 5.41) is 6.46. The lowest BCUT2D eigenvalue weighted by atomic mass is 9.79. The van der Waals surface area contributed by atoms with Crippen molar-refractivity contribution in [3.8, 4) is 0 Å². The normalized spacial score (nSPS) is 24.9. The Hall–Kier alpha value is -0.610. The second-order valence-electron chi connectivity index (χ2n) is 4.92. The number of amides is 1. The molecule has 1 aliphatic heterocycles. The van der Waals surface area contributed by atoms with E-state index in [1.165, 1.54) is 0 Å². The number of nitrogens with zero attached hydrogens (tertiary/aromatic N) is 1. The topological polar surface area (TPSA) is 44.4 Å². The second-order valence-corrected chi connectivity index (χ2v) is 4.92. The van der Waals surface area contributed by atoms with Crippen LogP contribution in [0.3, 0.4) is 0 Å². The molecule has 15 heavy (non-hydrogen) atoms. The monoisotopic (exact) mass is 213 g/mol. The van der Waals surface area contributed by atoms with E-state index in [0.717, 1.165) is 39.0 Å². The molecule has 0 aromatic carbocycles. The van der Waals surface area contributed by atoms with Crippen LogP contribution in [0.25, 0.3) is 0 Å². The molecular weight excluding hydrogens is 190 g/mol. The molecule has 0 aromatic rings. The maximum absolute atomic E-state index is 11.1. The molecule has 0 spiro atoms. The van der Waals surface area contributed by atoms with Gasteiger partial charge in [0.15, 0.2) is 0 Å². The Kier molecular flexibility index (Phi) is 4.54. The minimum absolute atomic E-state index is 0.174. The first kappa shape index (κ1) is 12.5. The van der Waals surface area contributed by atoms with Crippen molar-refractivity contribution >= 4 is 6.41 Å². The van der Waals surface area contributed by atoms with E-state index in [-0.39, 0.29) is 5.41 Å². The first-order valence-corrected chi connectivity index (χ1v) is 5.68. The fourth-order valence-electron chi connectivity index (χ4n) is 2.30. The zero-order valence-electron chi connectivity index (χ0n) is 10.0. The summed E-state index contributed by atoms with van der Waals surface area (Å²) in [5.74, 6) is 0. The summed E-state index contributed by atoms with van der Waals surface area (Å²) in [6.45, 7) is 8.10. The summed E-state index contributed by atoms with van der Waals surface area (Å²) in [7, 11) is 1.91. The van der Waals surface area contributed by atoms with Crippen LogP contribution in [0.1, 0.15) is 20.3 Å². The maximum atomic E-state index is 11.1. The Morgan fingerprint density at radius 2 is 2.33 bits per heavy atom. The van der Waals surface area contributed by atoms with Crippen molar-refractivity contribution < 1.29 is 4.79 Å². The molecule has 0 saturated carbocycles. The number of hydrogen-bond donors (Lipinski definition) is 2. The molecule has 0 aromatic heterocycles. The molecule has 2 N–H and O–H groups in total. The predicted octanol–water partition coefficient (Wildman–Crippen LogP) is 0.0523. The largest absolute Gasteiger partial charge is 0.340 e. The predicted molar refractivity (Wildman–Crippen MR) is 61.8 cm³/mol. The minimum atomic E-state index is 0.174. The molecule has 88 valence electrons. The quantitative estimate of drug-likeness (QED) is 0.634. The van der Waals surface area contributed by atoms with Gasteiger partial charge in [-0.15, -0.1) is 0 Å². The molecule has 1 rings (SSSR count). The Labute approximate surface area is 92.4 Å². The van der Waals surface area contributed by atoms with E-state index in [2.05, 4.69) is 24.5 Å². The molecular formula is C11H23N3O. The average molecular weight is 213 g/mol. The molecule has 1 atom stereocenters. The number of carbonyl (C=O) groups excluding carboxylic acids is 1. The van der Waals surface area contributed by atoms with E-state index in [4.69, 9.17) is 0 Å². The lowest BCUT2D eigenvalue weighted by molar-refractivity contribution is -0.123. The van der Waals surface area contributed by atoms with Gasteiger partial charge in [0, 0.05) is 25.7 Å². The Balaban J connectivity index is 2.60. The van der Waals surface area contributed by atoms with Gasteiger partial charge in [-0.3, -0.25) is 4.79 Å². The first-order chi connectivity index (χ1) is 7.11. The third-order valence-electron chi connectivity index (χ3n) is 3.23. The summed E-state index contributed by atoms with van der Waals surface area (Å²) in [5.41, 5.74) is 0.174. The van der Waals surface area contributed by atoms with Crippen molar-refractivity contribution in [2.24, 2.45) is 5.41 Å². The lowest BCUT2D eigenvalue weighted by Crippen LogP contribution is -2.55. The number of rotatable bonds is 5. The highest BCUT2D eigenvalue weighted by Crippen LogP contribution is 2.28. The summed E-state index contributed by atoms with van der Waals surface area (Å²) in [4.78, 5) is 13.0. The third-order valence-corrected chi connectivity index (χ3v) is 3.23. The van der Waals surface area contributed by atoms with Crippen LogP contribution in [-0.2, 0) is 4.79 Å². The molecule has 1 unspecified atom stereocenters. The van der Waals surface area contributed by atoms with E-state index >= 15 is 0 Å². The highest BCUT2D eigenvalue weighted by molar-refractivity contribution is 5.48. The zero-order chi connectivity index (χ0) is 11.3. The SMILES string of the molecule is CNCCN(C=O)C1CCNCC1(C)C. The minimum Gasteiger partial charge on any atom is -0.340 e. The van der Waals surface area contributed by atoms with Crippen LogP contribution < -0.4 is 10.6 Å². The van der Waals surface area contributed by atoms with E-state index in [1.807, 2.05) is 11.9 Å². The lowest BCUT2D eigenvalue weighted by Gasteiger charge is -2.44. The smallest absolute Gasteiger partial charge is 0.210 e. The van der Waals surface area contributed by atoms with Crippen LogP contribution in [0.5, 0.6) is 0 Å². The molecule has 4 nitrogen and oxygen atoms in total. The number of likely N-dealkylation sites (N-methyl/N-ethyl adjacent to an activating group) is 1. The van der Waals surface area contributed by atoms with E-state index < -0.39 is 0 Å². The fraction of sp³-hybridized carbons (Fsp3) is 0.909. The van der Waals surface area contributed by atoms with Crippen LogP contribution in [-0.4, -0.2) is 50.6 Å². The Morgan fingerprint density at radius 1 is 1.60 bits per heavy atom. The van der Waals surface area contributed by atoms with Gasteiger partial charge in [0.05, 0.1) is 0 Å². The van der Waals surface area contributed by atoms with Gasteiger partial charge in [-0.25, -0.2) is 0 Å². The number of hydrogen-bond acceptors (Lipinski definition) is 3.